The van der Waals surface area contributed by atoms with E-state index >= 15 is 0 Å². The molecule has 1 saturated carbocycles. The van der Waals surface area contributed by atoms with Crippen molar-refractivity contribution in [3.05, 3.63) is 69.2 Å². The number of halogens is 1. The summed E-state index contributed by atoms with van der Waals surface area (Å²) in [5.74, 6) is -0.0451. The summed E-state index contributed by atoms with van der Waals surface area (Å²) in [6, 6.07) is 13.1. The number of aromatic nitrogens is 1. The zero-order chi connectivity index (χ0) is 20.4. The van der Waals surface area contributed by atoms with Crippen molar-refractivity contribution >= 4 is 34.0 Å². The van der Waals surface area contributed by atoms with Crippen LogP contribution in [-0.2, 0) is 10.2 Å². The van der Waals surface area contributed by atoms with E-state index < -0.39 is 5.63 Å². The molecule has 1 aromatic heterocycles. The Labute approximate surface area is 174 Å². The molecule has 0 spiro atoms. The average molecular weight is 411 g/mol. The van der Waals surface area contributed by atoms with E-state index in [0.29, 0.717) is 28.6 Å². The van der Waals surface area contributed by atoms with Crippen LogP contribution in [0.15, 0.2) is 51.8 Å². The van der Waals surface area contributed by atoms with Crippen LogP contribution in [0, 0.1) is 6.92 Å². The Hall–Kier alpha value is -2.66. The van der Waals surface area contributed by atoms with Crippen LogP contribution >= 0.6 is 11.6 Å². The first-order chi connectivity index (χ1) is 14.0. The number of carbonyl (C=O) groups is 1. The van der Waals surface area contributed by atoms with Gasteiger partial charge < -0.3 is 9.84 Å². The minimum Gasteiger partial charge on any atom is -0.326 e. The molecule has 150 valence electrons. The Balaban J connectivity index is 1.50. The minimum atomic E-state index is -0.480. The van der Waals surface area contributed by atoms with Crippen LogP contribution < -0.4 is 10.9 Å². The lowest BCUT2D eigenvalue weighted by Gasteiger charge is -2.30. The van der Waals surface area contributed by atoms with Crippen LogP contribution in [0.3, 0.4) is 0 Å². The predicted molar refractivity (Wildman–Crippen MR) is 114 cm³/mol. The van der Waals surface area contributed by atoms with Gasteiger partial charge in [-0.2, -0.15) is 0 Å². The normalized spacial score (nSPS) is 15.5. The van der Waals surface area contributed by atoms with E-state index in [0.717, 1.165) is 42.7 Å². The summed E-state index contributed by atoms with van der Waals surface area (Å²) < 4.78 is 4.75. The summed E-state index contributed by atoms with van der Waals surface area (Å²) in [5, 5.41) is 8.63. The van der Waals surface area contributed by atoms with Gasteiger partial charge in [-0.1, -0.05) is 47.8 Å². The van der Waals surface area contributed by atoms with Crippen molar-refractivity contribution in [3.63, 3.8) is 0 Å². The van der Waals surface area contributed by atoms with Gasteiger partial charge in [0.2, 0.25) is 5.91 Å². The van der Waals surface area contributed by atoms with Crippen molar-refractivity contribution in [2.24, 2.45) is 0 Å². The number of aryl methyl sites for hydroxylation is 1. The van der Waals surface area contributed by atoms with Crippen molar-refractivity contribution in [3.8, 4) is 0 Å². The molecule has 29 heavy (non-hydrogen) atoms. The first-order valence-corrected chi connectivity index (χ1v) is 10.3. The molecule has 1 amide bonds. The molecule has 5 nitrogen and oxygen atoms in total. The number of hydrogen-bond donors (Lipinski definition) is 1. The van der Waals surface area contributed by atoms with E-state index in [4.69, 9.17) is 16.1 Å². The van der Waals surface area contributed by atoms with Crippen LogP contribution in [0.5, 0.6) is 0 Å². The maximum Gasteiger partial charge on any atom is 0.366 e. The van der Waals surface area contributed by atoms with Crippen molar-refractivity contribution in [1.29, 1.82) is 0 Å². The number of nitrogens with one attached hydrogen (secondary N) is 1. The molecular weight excluding hydrogens is 388 g/mol. The summed E-state index contributed by atoms with van der Waals surface area (Å²) in [4.78, 5) is 24.5. The summed E-state index contributed by atoms with van der Waals surface area (Å²) in [5.41, 5.74) is 1.91. The first-order valence-electron chi connectivity index (χ1n) is 9.94. The lowest BCUT2D eigenvalue weighted by atomic mass is 9.75. The first kappa shape index (κ1) is 19.6. The van der Waals surface area contributed by atoms with Crippen molar-refractivity contribution in [1.82, 2.24) is 5.16 Å². The van der Waals surface area contributed by atoms with Crippen LogP contribution in [0.2, 0.25) is 5.02 Å². The maximum atomic E-state index is 12.7. The zero-order valence-corrected chi connectivity index (χ0v) is 17.1. The van der Waals surface area contributed by atoms with Gasteiger partial charge in [0, 0.05) is 22.5 Å². The number of carbonyl (C=O) groups excluding carboxylic acids is 1. The van der Waals surface area contributed by atoms with Gasteiger partial charge >= 0.3 is 5.63 Å². The third-order valence-electron chi connectivity index (χ3n) is 6.01. The third-order valence-corrected chi connectivity index (χ3v) is 6.34. The summed E-state index contributed by atoms with van der Waals surface area (Å²) in [7, 11) is 0. The number of benzene rings is 2. The molecule has 0 saturated heterocycles. The molecule has 0 radical (unpaired) electrons. The van der Waals surface area contributed by atoms with E-state index in [2.05, 4.69) is 16.5 Å². The Morgan fingerprint density at radius 1 is 1.17 bits per heavy atom. The molecule has 1 aliphatic rings. The van der Waals surface area contributed by atoms with Gasteiger partial charge in [0.25, 0.3) is 0 Å². The quantitative estimate of drug-likeness (QED) is 0.612. The fourth-order valence-corrected chi connectivity index (χ4v) is 4.82. The van der Waals surface area contributed by atoms with Crippen molar-refractivity contribution in [2.75, 3.05) is 5.32 Å². The fourth-order valence-electron chi connectivity index (χ4n) is 4.48. The van der Waals surface area contributed by atoms with Crippen molar-refractivity contribution < 1.29 is 9.32 Å². The minimum absolute atomic E-state index is 0.0292. The smallest absolute Gasteiger partial charge is 0.326 e. The van der Waals surface area contributed by atoms with E-state index in [9.17, 15) is 9.59 Å². The molecule has 0 unspecified atom stereocenters. The number of nitrogens with zero attached hydrogens (tertiary/aromatic N) is 1. The second-order valence-corrected chi connectivity index (χ2v) is 8.24. The van der Waals surface area contributed by atoms with E-state index in [1.807, 2.05) is 18.2 Å². The lowest BCUT2D eigenvalue weighted by molar-refractivity contribution is -0.116. The van der Waals surface area contributed by atoms with E-state index in [1.165, 1.54) is 0 Å². The van der Waals surface area contributed by atoms with Crippen LogP contribution in [0.1, 0.15) is 49.8 Å². The van der Waals surface area contributed by atoms with Crippen LogP contribution in [0.4, 0.5) is 5.69 Å². The molecule has 3 aromatic rings. The summed E-state index contributed by atoms with van der Waals surface area (Å²) >= 11 is 6.48. The largest absolute Gasteiger partial charge is 0.366 e. The average Bonchev–Trinajstić information content (AvgIpc) is 3.20. The molecule has 1 aliphatic carbocycles. The van der Waals surface area contributed by atoms with Gasteiger partial charge in [-0.15, -0.1) is 0 Å². The molecule has 2 aromatic carbocycles. The Morgan fingerprint density at radius 2 is 1.93 bits per heavy atom. The number of amides is 1. The van der Waals surface area contributed by atoms with Gasteiger partial charge in [0.05, 0.1) is 11.1 Å². The molecule has 0 bridgehead atoms. The predicted octanol–water partition coefficient (Wildman–Crippen LogP) is 5.38. The molecule has 1 N–H and O–H groups in total. The molecule has 0 aliphatic heterocycles. The highest BCUT2D eigenvalue weighted by molar-refractivity contribution is 6.31. The monoisotopic (exact) mass is 410 g/mol. The number of rotatable bonds is 5. The third kappa shape index (κ3) is 3.92. The van der Waals surface area contributed by atoms with Crippen LogP contribution in [0.25, 0.3) is 10.8 Å². The molecule has 0 atom stereocenters. The summed E-state index contributed by atoms with van der Waals surface area (Å²) in [6.45, 7) is 1.77. The van der Waals surface area contributed by atoms with Gasteiger partial charge in [0.1, 0.15) is 0 Å². The highest BCUT2D eigenvalue weighted by Crippen LogP contribution is 2.46. The topological polar surface area (TPSA) is 72.2 Å². The maximum absolute atomic E-state index is 12.7. The lowest BCUT2D eigenvalue weighted by Crippen LogP contribution is -2.25. The van der Waals surface area contributed by atoms with Crippen LogP contribution in [-0.4, -0.2) is 11.1 Å². The van der Waals surface area contributed by atoms with Gasteiger partial charge in [-0.05, 0) is 61.4 Å². The number of hydrogen-bond acceptors (Lipinski definition) is 4. The molecule has 4 rings (SSSR count). The van der Waals surface area contributed by atoms with Gasteiger partial charge in [0.15, 0.2) is 0 Å². The van der Waals surface area contributed by atoms with Gasteiger partial charge in [-0.3, -0.25) is 4.79 Å². The second kappa shape index (κ2) is 7.99. The highest BCUT2D eigenvalue weighted by Gasteiger charge is 2.37. The molecule has 6 heteroatoms. The fraction of sp³-hybridized carbons (Fsp3) is 0.348. The Kier molecular flexibility index (Phi) is 5.41. The second-order valence-electron chi connectivity index (χ2n) is 7.83. The number of fused-ring (bicyclic) bond motifs is 1. The summed E-state index contributed by atoms with van der Waals surface area (Å²) in [6.07, 6.45) is 5.61. The molecular formula is C23H23ClN2O3. The SMILES string of the molecule is Cc1noc(=O)c2ccc(NC(=O)CCC3(c4ccccc4Cl)CCCC3)cc12. The Bertz CT molecular complexity index is 1120. The molecule has 1 fully saturated rings. The van der Waals surface area contributed by atoms with Crippen molar-refractivity contribution in [2.45, 2.75) is 50.9 Å². The van der Waals surface area contributed by atoms with E-state index in [1.54, 1.807) is 25.1 Å². The highest BCUT2D eigenvalue weighted by atomic mass is 35.5. The zero-order valence-electron chi connectivity index (χ0n) is 16.3. The van der Waals surface area contributed by atoms with Gasteiger partial charge in [-0.25, -0.2) is 4.79 Å². The standard InChI is InChI=1S/C23H23ClN2O3/c1-15-18-14-16(8-9-17(18)22(28)29-26-15)25-21(27)10-13-23(11-4-5-12-23)19-6-2-3-7-20(19)24/h2-3,6-9,14H,4-5,10-13H2,1H3,(H,25,27). The number of anilines is 1. The van der Waals surface area contributed by atoms with E-state index in [-0.39, 0.29) is 11.3 Å². The Morgan fingerprint density at radius 3 is 2.69 bits per heavy atom. The molecule has 1 heterocycles.